The fraction of sp³-hybridized carbons (Fsp3) is 0.345. The van der Waals surface area contributed by atoms with Gasteiger partial charge in [-0.3, -0.25) is 4.79 Å². The molecule has 4 nitrogen and oxygen atoms in total. The Hall–Kier alpha value is -3.27. The van der Waals surface area contributed by atoms with Gasteiger partial charge in [0.25, 0.3) is 0 Å². The zero-order valence-electron chi connectivity index (χ0n) is 18.9. The molecule has 2 N–H and O–H groups in total. The van der Waals surface area contributed by atoms with Gasteiger partial charge in [0.05, 0.1) is 6.04 Å². The minimum atomic E-state index is -0.0774. The number of carbonyl (C=O) groups excluding carboxylic acids is 1. The van der Waals surface area contributed by atoms with Crippen LogP contribution in [0.5, 0.6) is 0 Å². The molecular formula is C29H30N2O2. The molecule has 0 spiro atoms. The van der Waals surface area contributed by atoms with Crippen LogP contribution >= 0.6 is 0 Å². The van der Waals surface area contributed by atoms with E-state index in [4.69, 9.17) is 4.74 Å². The zero-order chi connectivity index (χ0) is 22.2. The van der Waals surface area contributed by atoms with Gasteiger partial charge in [-0.2, -0.15) is 0 Å². The fourth-order valence-corrected chi connectivity index (χ4v) is 5.64. The number of carbonyl (C=O) groups is 1. The van der Waals surface area contributed by atoms with Crippen molar-refractivity contribution in [3.05, 3.63) is 88.6 Å². The van der Waals surface area contributed by atoms with Crippen molar-refractivity contribution in [3.8, 4) is 0 Å². The Morgan fingerprint density at radius 2 is 1.79 bits per heavy atom. The number of benzene rings is 2. The van der Waals surface area contributed by atoms with Gasteiger partial charge in [-0.1, -0.05) is 48.6 Å². The summed E-state index contributed by atoms with van der Waals surface area (Å²) in [6.45, 7) is 0. The first-order valence-corrected chi connectivity index (χ1v) is 12.3. The minimum absolute atomic E-state index is 0.0774. The maximum atomic E-state index is 12.7. The molecular weight excluding hydrogens is 408 g/mol. The number of ketones is 1. The molecule has 6 rings (SSSR count). The first-order chi connectivity index (χ1) is 16.3. The second-order valence-corrected chi connectivity index (χ2v) is 9.49. The number of aryl methyl sites for hydroxylation is 1. The zero-order valence-corrected chi connectivity index (χ0v) is 18.9. The molecule has 2 aromatic carbocycles. The molecule has 4 aliphatic rings. The molecule has 0 saturated heterocycles. The van der Waals surface area contributed by atoms with Gasteiger partial charge in [0.15, 0.2) is 11.7 Å². The summed E-state index contributed by atoms with van der Waals surface area (Å²) in [7, 11) is 0. The van der Waals surface area contributed by atoms with Crippen LogP contribution in [0.15, 0.2) is 71.9 Å². The summed E-state index contributed by atoms with van der Waals surface area (Å²) in [5, 5.41) is 9.64. The van der Waals surface area contributed by atoms with Crippen molar-refractivity contribution in [1.82, 2.24) is 10.6 Å². The van der Waals surface area contributed by atoms with Crippen molar-refractivity contribution in [3.63, 3.8) is 0 Å². The van der Waals surface area contributed by atoms with Crippen LogP contribution in [0.25, 0.3) is 16.8 Å². The summed E-state index contributed by atoms with van der Waals surface area (Å²) in [5.74, 6) is 1.65. The highest BCUT2D eigenvalue weighted by Crippen LogP contribution is 2.37. The summed E-state index contributed by atoms with van der Waals surface area (Å²) >= 11 is 0. The molecule has 0 aromatic heterocycles. The largest absolute Gasteiger partial charge is 0.476 e. The van der Waals surface area contributed by atoms with E-state index in [-0.39, 0.29) is 17.9 Å². The summed E-state index contributed by atoms with van der Waals surface area (Å²) in [5.41, 5.74) is 4.77. The highest BCUT2D eigenvalue weighted by Gasteiger charge is 2.29. The van der Waals surface area contributed by atoms with E-state index in [0.29, 0.717) is 0 Å². The van der Waals surface area contributed by atoms with E-state index < -0.39 is 0 Å². The molecule has 1 unspecified atom stereocenters. The van der Waals surface area contributed by atoms with Crippen molar-refractivity contribution < 1.29 is 9.53 Å². The second-order valence-electron chi connectivity index (χ2n) is 9.49. The highest BCUT2D eigenvalue weighted by atomic mass is 16.5. The van der Waals surface area contributed by atoms with E-state index in [0.717, 1.165) is 55.8 Å². The van der Waals surface area contributed by atoms with E-state index in [1.54, 1.807) is 6.08 Å². The van der Waals surface area contributed by atoms with Crippen LogP contribution in [0.3, 0.4) is 0 Å². The molecule has 0 radical (unpaired) electrons. The molecule has 3 aliphatic carbocycles. The molecule has 4 heteroatoms. The molecule has 33 heavy (non-hydrogen) atoms. The molecule has 168 valence electrons. The van der Waals surface area contributed by atoms with Gasteiger partial charge in [-0.05, 0) is 84.9 Å². The lowest BCUT2D eigenvalue weighted by molar-refractivity contribution is -0.111. The third-order valence-electron chi connectivity index (χ3n) is 7.28. The van der Waals surface area contributed by atoms with Crippen LogP contribution in [0, 0.1) is 0 Å². The van der Waals surface area contributed by atoms with Gasteiger partial charge in [-0.25, -0.2) is 0 Å². The van der Waals surface area contributed by atoms with E-state index >= 15 is 0 Å². The van der Waals surface area contributed by atoms with E-state index in [9.17, 15) is 4.79 Å². The highest BCUT2D eigenvalue weighted by molar-refractivity contribution is 6.05. The van der Waals surface area contributed by atoms with E-state index in [2.05, 4.69) is 59.2 Å². The Kier molecular flexibility index (Phi) is 5.29. The molecule has 0 bridgehead atoms. The monoisotopic (exact) mass is 438 g/mol. The van der Waals surface area contributed by atoms with Gasteiger partial charge in [0, 0.05) is 11.6 Å². The summed E-state index contributed by atoms with van der Waals surface area (Å²) in [6.07, 6.45) is 19.0. The topological polar surface area (TPSA) is 50.4 Å². The minimum Gasteiger partial charge on any atom is -0.476 e. The quantitative estimate of drug-likeness (QED) is 0.580. The normalized spacial score (nSPS) is 24.9. The molecule has 1 heterocycles. The number of nitrogens with one attached hydrogen (secondary N) is 2. The second kappa shape index (κ2) is 8.58. The van der Waals surface area contributed by atoms with E-state index in [1.165, 1.54) is 40.3 Å². The van der Waals surface area contributed by atoms with Gasteiger partial charge in [-0.15, -0.1) is 0 Å². The van der Waals surface area contributed by atoms with Gasteiger partial charge in [0.2, 0.25) is 0 Å². The van der Waals surface area contributed by atoms with Crippen molar-refractivity contribution in [2.45, 2.75) is 63.5 Å². The number of fused-ring (bicyclic) bond motifs is 2. The predicted octanol–water partition coefficient (Wildman–Crippen LogP) is 5.96. The molecule has 1 aliphatic heterocycles. The lowest BCUT2D eigenvalue weighted by Crippen LogP contribution is -2.38. The lowest BCUT2D eigenvalue weighted by Gasteiger charge is -2.33. The Bertz CT molecular complexity index is 1230. The third-order valence-corrected chi connectivity index (χ3v) is 7.28. The number of allylic oxidation sites excluding steroid dienone is 4. The third kappa shape index (κ3) is 3.88. The van der Waals surface area contributed by atoms with Gasteiger partial charge in [0.1, 0.15) is 11.9 Å². The first kappa shape index (κ1) is 20.3. The number of ether oxygens (including phenoxy) is 1. The number of hydrogen-bond donors (Lipinski definition) is 2. The SMILES string of the molecule is O=C1C=CCCC1=C1NC(OC2CCCC2)=CC(c2c3c(cc4ccccc24)CCC=C3)N1. The number of rotatable bonds is 3. The lowest BCUT2D eigenvalue weighted by atomic mass is 9.85. The fourth-order valence-electron chi connectivity index (χ4n) is 5.64. The van der Waals surface area contributed by atoms with Crippen LogP contribution in [0.1, 0.15) is 67.7 Å². The molecule has 1 atom stereocenters. The standard InChI is InChI=1S/C29H30N2O2/c32-26-16-8-7-15-24(26)29-30-25(18-27(31-29)33-21-11-3-4-12-21)28-22-13-5-1-9-19(22)17-20-10-2-6-14-23(20)28/h1,5-6,8-9,13-14,16-18,21,25,30-31H,2-4,7,10-12,15H2. The smallest absolute Gasteiger partial charge is 0.190 e. The Morgan fingerprint density at radius 1 is 0.970 bits per heavy atom. The van der Waals surface area contributed by atoms with Gasteiger partial charge >= 0.3 is 0 Å². The predicted molar refractivity (Wildman–Crippen MR) is 132 cm³/mol. The maximum absolute atomic E-state index is 12.7. The van der Waals surface area contributed by atoms with Crippen LogP contribution < -0.4 is 10.6 Å². The van der Waals surface area contributed by atoms with Crippen molar-refractivity contribution in [1.29, 1.82) is 0 Å². The Labute approximate surface area is 195 Å². The first-order valence-electron chi connectivity index (χ1n) is 12.3. The van der Waals surface area contributed by atoms with Gasteiger partial charge < -0.3 is 15.4 Å². The molecule has 1 fully saturated rings. The van der Waals surface area contributed by atoms with E-state index in [1.807, 2.05) is 6.08 Å². The average Bonchev–Trinajstić information content (AvgIpc) is 3.35. The average molecular weight is 439 g/mol. The van der Waals surface area contributed by atoms with Crippen LogP contribution in [0.2, 0.25) is 0 Å². The van der Waals surface area contributed by atoms with Crippen LogP contribution in [-0.2, 0) is 16.0 Å². The summed E-state index contributed by atoms with van der Waals surface area (Å²) in [4.78, 5) is 12.7. The summed E-state index contributed by atoms with van der Waals surface area (Å²) in [6, 6.07) is 10.9. The van der Waals surface area contributed by atoms with Crippen LogP contribution in [0.4, 0.5) is 0 Å². The van der Waals surface area contributed by atoms with Crippen LogP contribution in [-0.4, -0.2) is 11.9 Å². The molecule has 0 amide bonds. The number of hydrogen-bond acceptors (Lipinski definition) is 4. The van der Waals surface area contributed by atoms with Crippen molar-refractivity contribution in [2.75, 3.05) is 0 Å². The van der Waals surface area contributed by atoms with Crippen molar-refractivity contribution >= 4 is 22.6 Å². The molecule has 2 aromatic rings. The molecule has 1 saturated carbocycles. The Morgan fingerprint density at radius 3 is 2.67 bits per heavy atom. The summed E-state index contributed by atoms with van der Waals surface area (Å²) < 4.78 is 6.44. The maximum Gasteiger partial charge on any atom is 0.190 e. The Balaban J connectivity index is 1.50. The van der Waals surface area contributed by atoms with Crippen molar-refractivity contribution in [2.24, 2.45) is 0 Å².